The number of hydrogen-bond donors (Lipinski definition) is 1. The summed E-state index contributed by atoms with van der Waals surface area (Å²) in [5, 5.41) is 0. The zero-order valence-corrected chi connectivity index (χ0v) is 6.04. The van der Waals surface area contributed by atoms with Crippen molar-refractivity contribution in [3.05, 3.63) is 25.1 Å². The number of imidazole rings is 1. The fraction of sp³-hybridized carbons (Fsp3) is 0.286. The lowest BCUT2D eigenvalue weighted by Gasteiger charge is -1.97. The number of ether oxygens (including phenoxy) is 1. The van der Waals surface area contributed by atoms with E-state index < -0.39 is 5.97 Å². The third-order valence-electron chi connectivity index (χ3n) is 1.08. The van der Waals surface area contributed by atoms with E-state index in [1.807, 2.05) is 0 Å². The Morgan fingerprint density at radius 2 is 2.64 bits per heavy atom. The lowest BCUT2D eigenvalue weighted by molar-refractivity contribution is 0.0505. The summed E-state index contributed by atoms with van der Waals surface area (Å²) in [4.78, 5) is 17.3. The minimum absolute atomic E-state index is 0.304. The first kappa shape index (κ1) is 7.78. The quantitative estimate of drug-likeness (QED) is 0.653. The van der Waals surface area contributed by atoms with Crippen LogP contribution < -0.4 is 0 Å². The summed E-state index contributed by atoms with van der Waals surface area (Å²) in [6, 6.07) is 0. The van der Waals surface area contributed by atoms with E-state index in [4.69, 9.17) is 4.74 Å². The Labute approximate surface area is 64.6 Å². The maximum atomic E-state index is 10.9. The van der Waals surface area contributed by atoms with Gasteiger partial charge in [0.25, 0.3) is 0 Å². The minimum Gasteiger partial charge on any atom is -0.461 e. The highest BCUT2D eigenvalue weighted by Gasteiger charge is 2.06. The second kappa shape index (κ2) is 3.75. The molecule has 59 valence electrons. The number of carbonyl (C=O) groups excluding carboxylic acids is 1. The fourth-order valence-corrected chi connectivity index (χ4v) is 0.611. The number of H-pyrrole nitrogens is 1. The Morgan fingerprint density at radius 1 is 1.82 bits per heavy atom. The van der Waals surface area contributed by atoms with Gasteiger partial charge in [-0.25, -0.2) is 9.78 Å². The fourth-order valence-electron chi connectivity index (χ4n) is 0.611. The van der Waals surface area contributed by atoms with Crippen molar-refractivity contribution in [2.45, 2.75) is 6.42 Å². The van der Waals surface area contributed by atoms with Gasteiger partial charge in [0.15, 0.2) is 5.69 Å². The maximum absolute atomic E-state index is 10.9. The van der Waals surface area contributed by atoms with Crippen molar-refractivity contribution >= 4 is 5.97 Å². The van der Waals surface area contributed by atoms with Gasteiger partial charge in [-0.1, -0.05) is 0 Å². The average molecular weight is 153 g/mol. The van der Waals surface area contributed by atoms with Gasteiger partial charge in [-0.15, -0.1) is 0 Å². The number of hydrogen-bond acceptors (Lipinski definition) is 3. The Morgan fingerprint density at radius 3 is 3.18 bits per heavy atom. The third-order valence-corrected chi connectivity index (χ3v) is 1.08. The van der Waals surface area contributed by atoms with Crippen LogP contribution in [0.15, 0.2) is 12.5 Å². The van der Waals surface area contributed by atoms with Crippen LogP contribution in [0.5, 0.6) is 0 Å². The van der Waals surface area contributed by atoms with Crippen molar-refractivity contribution in [3.8, 4) is 0 Å². The van der Waals surface area contributed by atoms with Crippen molar-refractivity contribution in [2.75, 3.05) is 6.61 Å². The summed E-state index contributed by atoms with van der Waals surface area (Å²) in [5.74, 6) is -0.407. The molecule has 1 heterocycles. The summed E-state index contributed by atoms with van der Waals surface area (Å²) in [7, 11) is 0. The van der Waals surface area contributed by atoms with Gasteiger partial charge in [-0.2, -0.15) is 0 Å². The Balaban J connectivity index is 2.43. The van der Waals surface area contributed by atoms with Crippen LogP contribution in [0.4, 0.5) is 0 Å². The van der Waals surface area contributed by atoms with Crippen LogP contribution in [0.2, 0.25) is 0 Å². The standard InChI is InChI=1S/C7H9N2O2/c1-2-3-11-7(10)6-4-8-5-9-6/h4-5H,1-3H2,(H,8,9). The van der Waals surface area contributed by atoms with Gasteiger partial charge in [0.05, 0.1) is 12.9 Å². The topological polar surface area (TPSA) is 55.0 Å². The molecule has 0 bridgehead atoms. The van der Waals surface area contributed by atoms with Crippen LogP contribution in [0.3, 0.4) is 0 Å². The zero-order chi connectivity index (χ0) is 8.10. The van der Waals surface area contributed by atoms with E-state index in [1.165, 1.54) is 12.5 Å². The molecule has 0 aliphatic heterocycles. The number of aromatic amines is 1. The monoisotopic (exact) mass is 153 g/mol. The second-order valence-corrected chi connectivity index (χ2v) is 1.94. The van der Waals surface area contributed by atoms with Gasteiger partial charge in [-0.3, -0.25) is 0 Å². The van der Waals surface area contributed by atoms with Crippen LogP contribution in [0.1, 0.15) is 16.9 Å². The van der Waals surface area contributed by atoms with Crippen molar-refractivity contribution < 1.29 is 9.53 Å². The average Bonchev–Trinajstić information content (AvgIpc) is 2.52. The van der Waals surface area contributed by atoms with Gasteiger partial charge in [0.1, 0.15) is 0 Å². The third kappa shape index (κ3) is 2.07. The van der Waals surface area contributed by atoms with E-state index in [1.54, 1.807) is 0 Å². The van der Waals surface area contributed by atoms with Crippen LogP contribution in [0, 0.1) is 6.92 Å². The molecule has 0 aliphatic carbocycles. The van der Waals surface area contributed by atoms with Gasteiger partial charge in [0, 0.05) is 6.20 Å². The molecule has 0 atom stereocenters. The molecule has 0 amide bonds. The minimum atomic E-state index is -0.407. The summed E-state index contributed by atoms with van der Waals surface area (Å²) < 4.78 is 4.75. The summed E-state index contributed by atoms with van der Waals surface area (Å²) in [5.41, 5.74) is 0.304. The molecule has 1 aromatic heterocycles. The van der Waals surface area contributed by atoms with E-state index in [2.05, 4.69) is 16.9 Å². The predicted molar refractivity (Wildman–Crippen MR) is 38.8 cm³/mol. The SMILES string of the molecule is [CH2]CCOC(=O)c1c[nH]cn1. The van der Waals surface area contributed by atoms with Crippen LogP contribution in [-0.2, 0) is 4.74 Å². The van der Waals surface area contributed by atoms with Crippen molar-refractivity contribution in [1.29, 1.82) is 0 Å². The van der Waals surface area contributed by atoms with E-state index in [0.717, 1.165) is 0 Å². The lowest BCUT2D eigenvalue weighted by Crippen LogP contribution is -2.05. The Bertz CT molecular complexity index is 218. The molecule has 0 spiro atoms. The number of esters is 1. The zero-order valence-electron chi connectivity index (χ0n) is 6.04. The summed E-state index contributed by atoms with van der Waals surface area (Å²) in [6.07, 6.45) is 3.50. The van der Waals surface area contributed by atoms with Gasteiger partial charge in [-0.05, 0) is 13.3 Å². The maximum Gasteiger partial charge on any atom is 0.358 e. The first-order valence-electron chi connectivity index (χ1n) is 3.29. The number of nitrogens with zero attached hydrogens (tertiary/aromatic N) is 1. The molecule has 11 heavy (non-hydrogen) atoms. The van der Waals surface area contributed by atoms with E-state index in [9.17, 15) is 4.79 Å². The smallest absolute Gasteiger partial charge is 0.358 e. The molecule has 1 radical (unpaired) electrons. The van der Waals surface area contributed by atoms with Gasteiger partial charge in [0.2, 0.25) is 0 Å². The first-order chi connectivity index (χ1) is 5.34. The second-order valence-electron chi connectivity index (χ2n) is 1.94. The van der Waals surface area contributed by atoms with E-state index in [-0.39, 0.29) is 0 Å². The summed E-state index contributed by atoms with van der Waals surface area (Å²) >= 11 is 0. The lowest BCUT2D eigenvalue weighted by atomic mass is 10.5. The van der Waals surface area contributed by atoms with Gasteiger partial charge >= 0.3 is 5.97 Å². The van der Waals surface area contributed by atoms with Gasteiger partial charge < -0.3 is 9.72 Å². The predicted octanol–water partition coefficient (Wildman–Crippen LogP) is 0.791. The molecule has 0 fully saturated rings. The Kier molecular flexibility index (Phi) is 2.66. The highest BCUT2D eigenvalue weighted by atomic mass is 16.5. The highest BCUT2D eigenvalue weighted by Crippen LogP contribution is 1.94. The molecule has 1 N–H and O–H groups in total. The Hall–Kier alpha value is -1.32. The van der Waals surface area contributed by atoms with E-state index in [0.29, 0.717) is 18.7 Å². The number of carbonyl (C=O) groups is 1. The molecule has 1 rings (SSSR count). The first-order valence-corrected chi connectivity index (χ1v) is 3.29. The van der Waals surface area contributed by atoms with Crippen LogP contribution in [0.25, 0.3) is 0 Å². The van der Waals surface area contributed by atoms with Crippen molar-refractivity contribution in [2.24, 2.45) is 0 Å². The molecule has 4 heteroatoms. The highest BCUT2D eigenvalue weighted by molar-refractivity contribution is 5.86. The normalized spacial score (nSPS) is 9.55. The number of aromatic nitrogens is 2. The largest absolute Gasteiger partial charge is 0.461 e. The van der Waals surface area contributed by atoms with E-state index >= 15 is 0 Å². The molecule has 1 aromatic rings. The summed E-state index contributed by atoms with van der Waals surface area (Å²) in [6.45, 7) is 3.87. The van der Waals surface area contributed by atoms with Crippen molar-refractivity contribution in [3.63, 3.8) is 0 Å². The molecule has 4 nitrogen and oxygen atoms in total. The van der Waals surface area contributed by atoms with Crippen LogP contribution >= 0.6 is 0 Å². The molecule has 0 aromatic carbocycles. The van der Waals surface area contributed by atoms with Crippen LogP contribution in [-0.4, -0.2) is 22.5 Å². The molecular weight excluding hydrogens is 144 g/mol. The number of rotatable bonds is 3. The number of nitrogens with one attached hydrogen (secondary N) is 1. The molecule has 0 unspecified atom stereocenters. The van der Waals surface area contributed by atoms with Crippen molar-refractivity contribution in [1.82, 2.24) is 9.97 Å². The molecule has 0 aliphatic rings. The molecular formula is C7H9N2O2. The molecule has 0 saturated carbocycles. The molecule has 0 saturated heterocycles.